The molecule has 66 valence electrons. The van der Waals surface area contributed by atoms with E-state index in [0.29, 0.717) is 5.95 Å². The van der Waals surface area contributed by atoms with Gasteiger partial charge in [0.2, 0.25) is 5.95 Å². The van der Waals surface area contributed by atoms with Crippen molar-refractivity contribution in [1.29, 1.82) is 0 Å². The zero-order valence-corrected chi connectivity index (χ0v) is 7.35. The van der Waals surface area contributed by atoms with E-state index in [0.717, 1.165) is 18.7 Å². The smallest absolute Gasteiger partial charge is 0.252 e. The van der Waals surface area contributed by atoms with E-state index in [-0.39, 0.29) is 5.56 Å². The second-order valence-corrected chi connectivity index (χ2v) is 2.47. The molecule has 1 aromatic rings. The second-order valence-electron chi connectivity index (χ2n) is 2.47. The van der Waals surface area contributed by atoms with E-state index in [9.17, 15) is 4.79 Å². The molecule has 0 bridgehead atoms. The number of rotatable bonds is 3. The second kappa shape index (κ2) is 3.90. The van der Waals surface area contributed by atoms with Crippen LogP contribution in [0.25, 0.3) is 0 Å². The quantitative estimate of drug-likeness (QED) is 0.699. The van der Waals surface area contributed by atoms with E-state index < -0.39 is 0 Å². The summed E-state index contributed by atoms with van der Waals surface area (Å²) in [6.07, 6.45) is 0.780. The predicted octanol–water partition coefficient (Wildman–Crippen LogP) is 0.764. The summed E-state index contributed by atoms with van der Waals surface area (Å²) in [4.78, 5) is 17.8. The largest absolute Gasteiger partial charge is 0.356 e. The number of hydrogen-bond acceptors (Lipinski definition) is 3. The molecule has 4 heteroatoms. The summed E-state index contributed by atoms with van der Waals surface area (Å²) in [6, 6.07) is 1.51. The van der Waals surface area contributed by atoms with Gasteiger partial charge in [0.25, 0.3) is 5.56 Å². The van der Waals surface area contributed by atoms with Gasteiger partial charge in [-0.05, 0) is 13.3 Å². The van der Waals surface area contributed by atoms with E-state index in [1.807, 2.05) is 13.8 Å². The van der Waals surface area contributed by atoms with Crippen LogP contribution in [0.3, 0.4) is 0 Å². The zero-order valence-electron chi connectivity index (χ0n) is 7.35. The molecule has 4 nitrogen and oxygen atoms in total. The molecule has 0 radical (unpaired) electrons. The highest BCUT2D eigenvalue weighted by Crippen LogP contribution is 1.96. The molecule has 1 heterocycles. The number of anilines is 1. The van der Waals surface area contributed by atoms with Gasteiger partial charge in [-0.3, -0.25) is 9.78 Å². The Bertz CT molecular complexity index is 305. The molecular formula is C8H13N3O. The summed E-state index contributed by atoms with van der Waals surface area (Å²) in [5.41, 5.74) is 0.715. The van der Waals surface area contributed by atoms with E-state index in [2.05, 4.69) is 15.3 Å². The first-order valence-corrected chi connectivity index (χ1v) is 4.10. The third kappa shape index (κ3) is 2.08. The van der Waals surface area contributed by atoms with E-state index in [1.165, 1.54) is 6.07 Å². The average Bonchev–Trinajstić information content (AvgIpc) is 2.04. The van der Waals surface area contributed by atoms with Gasteiger partial charge in [0.1, 0.15) is 0 Å². The number of hydrogen-bond donors (Lipinski definition) is 2. The third-order valence-electron chi connectivity index (χ3n) is 1.50. The van der Waals surface area contributed by atoms with Crippen molar-refractivity contribution >= 4 is 5.95 Å². The van der Waals surface area contributed by atoms with Gasteiger partial charge < -0.3 is 5.32 Å². The van der Waals surface area contributed by atoms with Crippen molar-refractivity contribution in [2.75, 3.05) is 11.9 Å². The molecule has 12 heavy (non-hydrogen) atoms. The van der Waals surface area contributed by atoms with Gasteiger partial charge >= 0.3 is 0 Å². The van der Waals surface area contributed by atoms with Crippen LogP contribution in [0.5, 0.6) is 0 Å². The van der Waals surface area contributed by atoms with Crippen LogP contribution in [-0.2, 0) is 6.42 Å². The minimum absolute atomic E-state index is 0.0993. The van der Waals surface area contributed by atoms with Crippen molar-refractivity contribution in [3.8, 4) is 0 Å². The van der Waals surface area contributed by atoms with Crippen LogP contribution in [0.2, 0.25) is 0 Å². The topological polar surface area (TPSA) is 57.8 Å². The summed E-state index contributed by atoms with van der Waals surface area (Å²) >= 11 is 0. The third-order valence-corrected chi connectivity index (χ3v) is 1.50. The minimum atomic E-state index is -0.0993. The molecule has 0 aliphatic carbocycles. The molecule has 0 aromatic carbocycles. The molecule has 0 fully saturated rings. The van der Waals surface area contributed by atoms with Crippen LogP contribution in [0.15, 0.2) is 10.9 Å². The molecule has 0 unspecified atom stereocenters. The SMILES string of the molecule is CCNc1nc(CC)cc(=O)[nH]1. The van der Waals surface area contributed by atoms with Crippen molar-refractivity contribution in [3.63, 3.8) is 0 Å². The van der Waals surface area contributed by atoms with Crippen LogP contribution in [0.4, 0.5) is 5.95 Å². The Morgan fingerprint density at radius 3 is 2.92 bits per heavy atom. The standard InChI is InChI=1S/C8H13N3O/c1-3-6-5-7(12)11-8(10-6)9-4-2/h5H,3-4H2,1-2H3,(H2,9,10,11,12). The van der Waals surface area contributed by atoms with Crippen LogP contribution in [0, 0.1) is 0 Å². The molecule has 0 aliphatic heterocycles. The molecule has 0 atom stereocenters. The molecule has 2 N–H and O–H groups in total. The first-order valence-electron chi connectivity index (χ1n) is 4.10. The van der Waals surface area contributed by atoms with E-state index >= 15 is 0 Å². The zero-order chi connectivity index (χ0) is 8.97. The van der Waals surface area contributed by atoms with Crippen LogP contribution in [-0.4, -0.2) is 16.5 Å². The highest BCUT2D eigenvalue weighted by atomic mass is 16.1. The molecule has 0 saturated carbocycles. The molecule has 0 aliphatic rings. The fourth-order valence-corrected chi connectivity index (χ4v) is 0.940. The van der Waals surface area contributed by atoms with Gasteiger partial charge in [0.05, 0.1) is 0 Å². The fraction of sp³-hybridized carbons (Fsp3) is 0.500. The van der Waals surface area contributed by atoms with Gasteiger partial charge in [0, 0.05) is 18.3 Å². The van der Waals surface area contributed by atoms with Crippen molar-refractivity contribution < 1.29 is 0 Å². The highest BCUT2D eigenvalue weighted by Gasteiger charge is 1.96. The van der Waals surface area contributed by atoms with Gasteiger partial charge in [-0.25, -0.2) is 4.98 Å². The lowest BCUT2D eigenvalue weighted by Crippen LogP contribution is -2.13. The maximum Gasteiger partial charge on any atom is 0.252 e. The lowest BCUT2D eigenvalue weighted by Gasteiger charge is -2.02. The Hall–Kier alpha value is -1.32. The van der Waals surface area contributed by atoms with Gasteiger partial charge in [-0.1, -0.05) is 6.92 Å². The number of nitrogens with zero attached hydrogens (tertiary/aromatic N) is 1. The summed E-state index contributed by atoms with van der Waals surface area (Å²) < 4.78 is 0. The van der Waals surface area contributed by atoms with Gasteiger partial charge in [0.15, 0.2) is 0 Å². The Kier molecular flexibility index (Phi) is 2.85. The Morgan fingerprint density at radius 1 is 1.58 bits per heavy atom. The average molecular weight is 167 g/mol. The number of nitrogens with one attached hydrogen (secondary N) is 2. The molecule has 1 aromatic heterocycles. The molecule has 0 spiro atoms. The molecular weight excluding hydrogens is 154 g/mol. The monoisotopic (exact) mass is 167 g/mol. The van der Waals surface area contributed by atoms with Crippen molar-refractivity contribution in [1.82, 2.24) is 9.97 Å². The predicted molar refractivity (Wildman–Crippen MR) is 48.4 cm³/mol. The van der Waals surface area contributed by atoms with Crippen LogP contribution >= 0.6 is 0 Å². The number of aryl methyl sites for hydroxylation is 1. The molecule has 0 saturated heterocycles. The van der Waals surface area contributed by atoms with Crippen molar-refractivity contribution in [2.45, 2.75) is 20.3 Å². The maximum absolute atomic E-state index is 11.0. The maximum atomic E-state index is 11.0. The summed E-state index contributed by atoms with van der Waals surface area (Å²) in [7, 11) is 0. The lowest BCUT2D eigenvalue weighted by molar-refractivity contribution is 0.967. The summed E-state index contributed by atoms with van der Waals surface area (Å²) in [6.45, 7) is 4.69. The molecule has 0 amide bonds. The van der Waals surface area contributed by atoms with Crippen molar-refractivity contribution in [3.05, 3.63) is 22.1 Å². The summed E-state index contributed by atoms with van der Waals surface area (Å²) in [5.74, 6) is 0.557. The van der Waals surface area contributed by atoms with E-state index in [4.69, 9.17) is 0 Å². The Labute approximate surface area is 71.0 Å². The van der Waals surface area contributed by atoms with E-state index in [1.54, 1.807) is 0 Å². The Morgan fingerprint density at radius 2 is 2.33 bits per heavy atom. The van der Waals surface area contributed by atoms with Crippen molar-refractivity contribution in [2.24, 2.45) is 0 Å². The van der Waals surface area contributed by atoms with Gasteiger partial charge in [-0.15, -0.1) is 0 Å². The number of H-pyrrole nitrogens is 1. The number of aromatic nitrogens is 2. The first kappa shape index (κ1) is 8.77. The van der Waals surface area contributed by atoms with Gasteiger partial charge in [-0.2, -0.15) is 0 Å². The van der Waals surface area contributed by atoms with Crippen LogP contribution in [0.1, 0.15) is 19.5 Å². The first-order chi connectivity index (χ1) is 5.76. The Balaban J connectivity index is 2.98. The number of aromatic amines is 1. The van der Waals surface area contributed by atoms with Crippen LogP contribution < -0.4 is 10.9 Å². The fourth-order valence-electron chi connectivity index (χ4n) is 0.940. The highest BCUT2D eigenvalue weighted by molar-refractivity contribution is 5.24. The molecule has 1 rings (SSSR count). The minimum Gasteiger partial charge on any atom is -0.356 e. The summed E-state index contributed by atoms with van der Waals surface area (Å²) in [5, 5.41) is 2.96. The normalized spacial score (nSPS) is 9.83. The lowest BCUT2D eigenvalue weighted by atomic mass is 10.3.